The Morgan fingerprint density at radius 1 is 1.44 bits per heavy atom. The Kier molecular flexibility index (Phi) is 5.22. The largest absolute Gasteiger partial charge is 0.368 e. The molecule has 16 heavy (non-hydrogen) atoms. The molecular weight excluding hydrogens is 204 g/mol. The zero-order valence-corrected chi connectivity index (χ0v) is 10.5. The van der Waals surface area contributed by atoms with Crippen molar-refractivity contribution in [3.63, 3.8) is 0 Å². The van der Waals surface area contributed by atoms with Crippen molar-refractivity contribution in [2.45, 2.75) is 58.2 Å². The number of hydrogen-bond acceptors (Lipinski definition) is 3. The summed E-state index contributed by atoms with van der Waals surface area (Å²) >= 11 is 0. The van der Waals surface area contributed by atoms with E-state index in [1.54, 1.807) is 0 Å². The molecule has 4 nitrogen and oxygen atoms in total. The quantitative estimate of drug-likeness (QED) is 0.739. The van der Waals surface area contributed by atoms with Crippen LogP contribution in [0.5, 0.6) is 0 Å². The van der Waals surface area contributed by atoms with Crippen molar-refractivity contribution in [3.05, 3.63) is 0 Å². The number of amides is 1. The molecule has 1 rings (SSSR count). The van der Waals surface area contributed by atoms with Gasteiger partial charge < -0.3 is 15.8 Å². The van der Waals surface area contributed by atoms with Gasteiger partial charge in [0.1, 0.15) is 6.61 Å². The van der Waals surface area contributed by atoms with Crippen molar-refractivity contribution in [1.29, 1.82) is 0 Å². The predicted octanol–water partition coefficient (Wildman–Crippen LogP) is 1.04. The fraction of sp³-hybridized carbons (Fsp3) is 0.917. The number of carbonyl (C=O) groups is 1. The molecule has 0 spiro atoms. The van der Waals surface area contributed by atoms with Crippen molar-refractivity contribution < 1.29 is 9.53 Å². The van der Waals surface area contributed by atoms with Gasteiger partial charge in [0.05, 0.1) is 6.10 Å². The fourth-order valence-corrected chi connectivity index (χ4v) is 1.78. The summed E-state index contributed by atoms with van der Waals surface area (Å²) in [6.07, 6.45) is 3.05. The Labute approximate surface area is 97.9 Å². The molecule has 0 heterocycles. The first kappa shape index (κ1) is 13.5. The molecule has 1 aliphatic rings. The first-order valence-electron chi connectivity index (χ1n) is 6.15. The molecule has 3 N–H and O–H groups in total. The van der Waals surface area contributed by atoms with Gasteiger partial charge >= 0.3 is 0 Å². The zero-order chi connectivity index (χ0) is 12.1. The maximum absolute atomic E-state index is 11.5. The van der Waals surface area contributed by atoms with Crippen LogP contribution in [0, 0.1) is 5.92 Å². The summed E-state index contributed by atoms with van der Waals surface area (Å²) in [4.78, 5) is 11.5. The highest BCUT2D eigenvalue weighted by molar-refractivity contribution is 5.77. The molecule has 0 saturated heterocycles. The van der Waals surface area contributed by atoms with Gasteiger partial charge in [-0.3, -0.25) is 4.79 Å². The SMILES string of the molecule is CC(C)C(C)NC(=O)COC1CCC(N)C1. The molecule has 1 aliphatic carbocycles. The van der Waals surface area contributed by atoms with Gasteiger partial charge in [0.25, 0.3) is 0 Å². The van der Waals surface area contributed by atoms with E-state index in [2.05, 4.69) is 19.2 Å². The molecular formula is C12H24N2O2. The van der Waals surface area contributed by atoms with Gasteiger partial charge in [0.15, 0.2) is 0 Å². The third kappa shape index (κ3) is 4.49. The zero-order valence-electron chi connectivity index (χ0n) is 10.5. The van der Waals surface area contributed by atoms with E-state index in [-0.39, 0.29) is 30.7 Å². The second-order valence-electron chi connectivity index (χ2n) is 5.11. The van der Waals surface area contributed by atoms with Gasteiger partial charge in [-0.05, 0) is 32.1 Å². The van der Waals surface area contributed by atoms with E-state index in [1.165, 1.54) is 0 Å². The van der Waals surface area contributed by atoms with Crippen LogP contribution in [0.1, 0.15) is 40.0 Å². The van der Waals surface area contributed by atoms with Crippen LogP contribution >= 0.6 is 0 Å². The fourth-order valence-electron chi connectivity index (χ4n) is 1.78. The van der Waals surface area contributed by atoms with Gasteiger partial charge in [0, 0.05) is 12.1 Å². The Bertz CT molecular complexity index is 231. The topological polar surface area (TPSA) is 64.3 Å². The number of nitrogens with two attached hydrogens (primary N) is 1. The normalized spacial score (nSPS) is 27.1. The van der Waals surface area contributed by atoms with Crippen LogP contribution in [-0.2, 0) is 9.53 Å². The van der Waals surface area contributed by atoms with Crippen LogP contribution in [0.2, 0.25) is 0 Å². The van der Waals surface area contributed by atoms with Gasteiger partial charge in [-0.15, -0.1) is 0 Å². The summed E-state index contributed by atoms with van der Waals surface area (Å²) in [5.74, 6) is 0.422. The maximum Gasteiger partial charge on any atom is 0.246 e. The van der Waals surface area contributed by atoms with E-state index < -0.39 is 0 Å². The minimum Gasteiger partial charge on any atom is -0.368 e. The highest BCUT2D eigenvalue weighted by Crippen LogP contribution is 2.19. The van der Waals surface area contributed by atoms with Gasteiger partial charge in [-0.1, -0.05) is 13.8 Å². The molecule has 3 atom stereocenters. The smallest absolute Gasteiger partial charge is 0.246 e. The van der Waals surface area contributed by atoms with Gasteiger partial charge in [0.2, 0.25) is 5.91 Å². The van der Waals surface area contributed by atoms with Crippen LogP contribution in [-0.4, -0.2) is 30.7 Å². The van der Waals surface area contributed by atoms with Crippen molar-refractivity contribution in [1.82, 2.24) is 5.32 Å². The lowest BCUT2D eigenvalue weighted by atomic mass is 10.1. The monoisotopic (exact) mass is 228 g/mol. The average molecular weight is 228 g/mol. The summed E-state index contributed by atoms with van der Waals surface area (Å²) in [5, 5.41) is 2.92. The lowest BCUT2D eigenvalue weighted by molar-refractivity contribution is -0.128. The maximum atomic E-state index is 11.5. The van der Waals surface area contributed by atoms with Crippen LogP contribution in [0.15, 0.2) is 0 Å². The highest BCUT2D eigenvalue weighted by Gasteiger charge is 2.23. The minimum atomic E-state index is -0.0262. The van der Waals surface area contributed by atoms with E-state index in [4.69, 9.17) is 10.5 Å². The summed E-state index contributed by atoms with van der Waals surface area (Å²) in [5.41, 5.74) is 5.77. The van der Waals surface area contributed by atoms with Gasteiger partial charge in [-0.2, -0.15) is 0 Å². The predicted molar refractivity (Wildman–Crippen MR) is 64.0 cm³/mol. The Morgan fingerprint density at radius 3 is 2.62 bits per heavy atom. The molecule has 0 aromatic heterocycles. The molecule has 4 heteroatoms. The summed E-state index contributed by atoms with van der Waals surface area (Å²) in [6.45, 7) is 6.34. The molecule has 94 valence electrons. The third-order valence-corrected chi connectivity index (χ3v) is 3.26. The summed E-state index contributed by atoms with van der Waals surface area (Å²) in [6, 6.07) is 0.449. The molecule has 1 saturated carbocycles. The molecule has 0 aliphatic heterocycles. The number of carbonyl (C=O) groups excluding carboxylic acids is 1. The lowest BCUT2D eigenvalue weighted by Crippen LogP contribution is -2.39. The molecule has 3 unspecified atom stereocenters. The lowest BCUT2D eigenvalue weighted by Gasteiger charge is -2.18. The number of ether oxygens (including phenoxy) is 1. The van der Waals surface area contributed by atoms with Crippen LogP contribution in [0.4, 0.5) is 0 Å². The first-order chi connectivity index (χ1) is 7.49. The Morgan fingerprint density at radius 2 is 2.12 bits per heavy atom. The van der Waals surface area contributed by atoms with E-state index in [0.717, 1.165) is 19.3 Å². The van der Waals surface area contributed by atoms with E-state index in [1.807, 2.05) is 6.92 Å². The van der Waals surface area contributed by atoms with E-state index >= 15 is 0 Å². The van der Waals surface area contributed by atoms with E-state index in [9.17, 15) is 4.79 Å². The molecule has 0 radical (unpaired) electrons. The number of hydrogen-bond donors (Lipinski definition) is 2. The number of nitrogens with one attached hydrogen (secondary N) is 1. The highest BCUT2D eigenvalue weighted by atomic mass is 16.5. The van der Waals surface area contributed by atoms with Crippen molar-refractivity contribution in [2.75, 3.05) is 6.61 Å². The molecule has 1 amide bonds. The van der Waals surface area contributed by atoms with Crippen molar-refractivity contribution >= 4 is 5.91 Å². The number of rotatable bonds is 5. The average Bonchev–Trinajstić information content (AvgIpc) is 2.61. The Balaban J connectivity index is 2.15. The summed E-state index contributed by atoms with van der Waals surface area (Å²) in [7, 11) is 0. The molecule has 0 bridgehead atoms. The second kappa shape index (κ2) is 6.21. The molecule has 0 aromatic rings. The standard InChI is InChI=1S/C12H24N2O2/c1-8(2)9(3)14-12(15)7-16-11-5-4-10(13)6-11/h8-11H,4-7,13H2,1-3H3,(H,14,15). The molecule has 1 fully saturated rings. The second-order valence-corrected chi connectivity index (χ2v) is 5.11. The minimum absolute atomic E-state index is 0.0262. The van der Waals surface area contributed by atoms with Crippen LogP contribution in [0.3, 0.4) is 0 Å². The van der Waals surface area contributed by atoms with Crippen molar-refractivity contribution in [2.24, 2.45) is 11.7 Å². The van der Waals surface area contributed by atoms with Crippen molar-refractivity contribution in [3.8, 4) is 0 Å². The Hall–Kier alpha value is -0.610. The third-order valence-electron chi connectivity index (χ3n) is 3.26. The van der Waals surface area contributed by atoms with Crippen LogP contribution < -0.4 is 11.1 Å². The van der Waals surface area contributed by atoms with E-state index in [0.29, 0.717) is 5.92 Å². The summed E-state index contributed by atoms with van der Waals surface area (Å²) < 4.78 is 5.52. The van der Waals surface area contributed by atoms with Crippen LogP contribution in [0.25, 0.3) is 0 Å². The first-order valence-corrected chi connectivity index (χ1v) is 6.15. The van der Waals surface area contributed by atoms with Gasteiger partial charge in [-0.25, -0.2) is 0 Å². The molecule has 0 aromatic carbocycles.